The minimum absolute atomic E-state index is 0.136. The molecule has 0 spiro atoms. The van der Waals surface area contributed by atoms with Gasteiger partial charge in [-0.05, 0) is 52.3 Å². The van der Waals surface area contributed by atoms with Gasteiger partial charge in [-0.25, -0.2) is 0 Å². The van der Waals surface area contributed by atoms with Crippen molar-refractivity contribution in [1.29, 1.82) is 0 Å². The minimum Gasteiger partial charge on any atom is -0.466 e. The Hall–Kier alpha value is -1.86. The molecule has 0 N–H and O–H groups in total. The Morgan fingerprint density at radius 2 is 1.62 bits per heavy atom. The van der Waals surface area contributed by atoms with Crippen LogP contribution in [0.5, 0.6) is 5.75 Å². The lowest BCUT2D eigenvalue weighted by molar-refractivity contribution is -0.143. The Morgan fingerprint density at radius 3 is 2.08 bits per heavy atom. The molecule has 6 nitrogen and oxygen atoms in total. The molecule has 1 aliphatic heterocycles. The maximum Gasteiger partial charge on any atom is 0.466 e. The monoisotopic (exact) mass is 362 g/mol. The highest BCUT2D eigenvalue weighted by Gasteiger charge is 2.54. The van der Waals surface area contributed by atoms with E-state index in [1.54, 1.807) is 19.1 Å². The van der Waals surface area contributed by atoms with Crippen LogP contribution < -0.4 is 4.74 Å². The molecule has 0 aliphatic carbocycles. The minimum atomic E-state index is -0.580. The van der Waals surface area contributed by atoms with Gasteiger partial charge in [-0.15, -0.1) is 0 Å². The first-order valence-electron chi connectivity index (χ1n) is 8.85. The van der Waals surface area contributed by atoms with E-state index in [4.69, 9.17) is 18.8 Å². The summed E-state index contributed by atoms with van der Waals surface area (Å²) in [5, 5.41) is 0. The van der Waals surface area contributed by atoms with Crippen LogP contribution in [0.3, 0.4) is 0 Å². The third kappa shape index (κ3) is 4.65. The number of rotatable bonds is 6. The van der Waals surface area contributed by atoms with Crippen molar-refractivity contribution in [3.8, 4) is 5.75 Å². The molecule has 1 unspecified atom stereocenters. The van der Waals surface area contributed by atoms with Crippen LogP contribution >= 0.6 is 0 Å². The molecule has 0 aromatic heterocycles. The van der Waals surface area contributed by atoms with E-state index in [0.29, 0.717) is 12.4 Å². The Bertz CT molecular complexity index is 636. The molecule has 1 aromatic rings. The third-order valence-corrected chi connectivity index (χ3v) is 4.86. The van der Waals surface area contributed by atoms with Gasteiger partial charge in [0.15, 0.2) is 0 Å². The van der Waals surface area contributed by atoms with E-state index in [-0.39, 0.29) is 24.2 Å². The van der Waals surface area contributed by atoms with Crippen molar-refractivity contribution in [3.63, 3.8) is 0 Å². The second kappa shape index (κ2) is 7.80. The highest BCUT2D eigenvalue weighted by Crippen LogP contribution is 2.42. The van der Waals surface area contributed by atoms with Crippen LogP contribution in [0.15, 0.2) is 24.3 Å². The van der Waals surface area contributed by atoms with Gasteiger partial charge >= 0.3 is 19.1 Å². The van der Waals surface area contributed by atoms with E-state index < -0.39 is 18.3 Å². The van der Waals surface area contributed by atoms with E-state index in [0.717, 1.165) is 5.56 Å². The molecule has 1 aromatic carbocycles. The number of carbonyl (C=O) groups excluding carboxylic acids is 2. The van der Waals surface area contributed by atoms with Gasteiger partial charge in [-0.2, -0.15) is 0 Å². The van der Waals surface area contributed by atoms with Gasteiger partial charge in [0, 0.05) is 12.7 Å². The predicted molar refractivity (Wildman–Crippen MR) is 97.8 cm³/mol. The van der Waals surface area contributed by atoms with Gasteiger partial charge in [0.25, 0.3) is 0 Å². The van der Waals surface area contributed by atoms with Crippen molar-refractivity contribution >= 4 is 19.1 Å². The number of hydrogen-bond donors (Lipinski definition) is 0. The molecular weight excluding hydrogens is 335 g/mol. The molecule has 0 bridgehead atoms. The first-order chi connectivity index (χ1) is 12.1. The van der Waals surface area contributed by atoms with Crippen LogP contribution in [0, 0.1) is 0 Å². The number of esters is 2. The Morgan fingerprint density at radius 1 is 1.08 bits per heavy atom. The number of hydrogen-bond acceptors (Lipinski definition) is 6. The number of ether oxygens (including phenoxy) is 2. The van der Waals surface area contributed by atoms with E-state index in [2.05, 4.69) is 0 Å². The second-order valence-corrected chi connectivity index (χ2v) is 7.40. The first kappa shape index (κ1) is 20.5. The highest BCUT2D eigenvalue weighted by atomic mass is 16.7. The van der Waals surface area contributed by atoms with Crippen LogP contribution in [0.25, 0.3) is 0 Å². The quantitative estimate of drug-likeness (QED) is 0.439. The van der Waals surface area contributed by atoms with Crippen LogP contribution in [0.4, 0.5) is 0 Å². The van der Waals surface area contributed by atoms with Crippen molar-refractivity contribution in [2.24, 2.45) is 0 Å². The SMILES string of the molecule is CCOC(=O)CC(B1OC(C)(C)C(C)(C)O1)c1ccc(OC(C)=O)cc1. The zero-order valence-electron chi connectivity index (χ0n) is 16.3. The molecule has 0 saturated carbocycles. The van der Waals surface area contributed by atoms with Crippen LogP contribution in [0.1, 0.15) is 59.3 Å². The molecule has 0 amide bonds. The summed E-state index contributed by atoms with van der Waals surface area (Å²) >= 11 is 0. The van der Waals surface area contributed by atoms with Crippen LogP contribution in [-0.2, 0) is 23.6 Å². The number of benzene rings is 1. The topological polar surface area (TPSA) is 71.1 Å². The van der Waals surface area contributed by atoms with Crippen molar-refractivity contribution < 1.29 is 28.4 Å². The third-order valence-electron chi connectivity index (χ3n) is 4.86. The lowest BCUT2D eigenvalue weighted by Gasteiger charge is -2.32. The maximum absolute atomic E-state index is 12.1. The fraction of sp³-hybridized carbons (Fsp3) is 0.579. The lowest BCUT2D eigenvalue weighted by atomic mass is 9.66. The highest BCUT2D eigenvalue weighted by molar-refractivity contribution is 6.48. The molecule has 1 atom stereocenters. The molecule has 1 heterocycles. The molecule has 142 valence electrons. The Kier molecular flexibility index (Phi) is 6.14. The van der Waals surface area contributed by atoms with Crippen molar-refractivity contribution in [2.45, 2.75) is 65.0 Å². The Labute approximate surface area is 155 Å². The van der Waals surface area contributed by atoms with Gasteiger partial charge in [0.05, 0.1) is 24.2 Å². The van der Waals surface area contributed by atoms with E-state index in [9.17, 15) is 9.59 Å². The van der Waals surface area contributed by atoms with Crippen LogP contribution in [0.2, 0.25) is 0 Å². The summed E-state index contributed by atoms with van der Waals surface area (Å²) in [4.78, 5) is 23.2. The van der Waals surface area contributed by atoms with Crippen LogP contribution in [-0.4, -0.2) is 36.9 Å². The normalized spacial score (nSPS) is 19.1. The van der Waals surface area contributed by atoms with E-state index in [1.807, 2.05) is 39.8 Å². The largest absolute Gasteiger partial charge is 0.466 e. The average Bonchev–Trinajstić information content (AvgIpc) is 2.73. The predicted octanol–water partition coefficient (Wildman–Crippen LogP) is 3.28. The van der Waals surface area contributed by atoms with Gasteiger partial charge in [-0.3, -0.25) is 9.59 Å². The van der Waals surface area contributed by atoms with Gasteiger partial charge in [-0.1, -0.05) is 12.1 Å². The van der Waals surface area contributed by atoms with Crippen molar-refractivity contribution in [1.82, 2.24) is 0 Å². The summed E-state index contributed by atoms with van der Waals surface area (Å²) in [6, 6.07) is 7.01. The fourth-order valence-corrected chi connectivity index (χ4v) is 2.77. The second-order valence-electron chi connectivity index (χ2n) is 7.40. The summed E-state index contributed by atoms with van der Waals surface area (Å²) < 4.78 is 22.5. The maximum atomic E-state index is 12.1. The van der Waals surface area contributed by atoms with Gasteiger partial charge in [0.2, 0.25) is 0 Å². The fourth-order valence-electron chi connectivity index (χ4n) is 2.77. The number of carbonyl (C=O) groups is 2. The molecule has 26 heavy (non-hydrogen) atoms. The zero-order chi connectivity index (χ0) is 19.5. The standard InChI is InChI=1S/C19H27BO6/c1-7-23-17(22)12-16(20-25-18(3,4)19(5,6)26-20)14-8-10-15(11-9-14)24-13(2)21/h8-11,16H,7,12H2,1-6H3. The summed E-state index contributed by atoms with van der Waals surface area (Å²) in [5.74, 6) is -0.574. The summed E-state index contributed by atoms with van der Waals surface area (Å²) in [7, 11) is -0.580. The lowest BCUT2D eigenvalue weighted by Crippen LogP contribution is -2.41. The molecule has 1 fully saturated rings. The molecule has 1 aliphatic rings. The zero-order valence-corrected chi connectivity index (χ0v) is 16.3. The van der Waals surface area contributed by atoms with Gasteiger partial charge < -0.3 is 18.8 Å². The summed E-state index contributed by atoms with van der Waals surface area (Å²) in [6.07, 6.45) is 0.136. The summed E-state index contributed by atoms with van der Waals surface area (Å²) in [6.45, 7) is 11.3. The average molecular weight is 362 g/mol. The van der Waals surface area contributed by atoms with Crippen molar-refractivity contribution in [2.75, 3.05) is 6.61 Å². The molecule has 0 radical (unpaired) electrons. The smallest absolute Gasteiger partial charge is 0.466 e. The Balaban J connectivity index is 2.27. The first-order valence-corrected chi connectivity index (χ1v) is 8.85. The van der Waals surface area contributed by atoms with Gasteiger partial charge in [0.1, 0.15) is 5.75 Å². The van der Waals surface area contributed by atoms with Crippen molar-refractivity contribution in [3.05, 3.63) is 29.8 Å². The molecular formula is C19H27BO6. The molecule has 2 rings (SSSR count). The summed E-state index contributed by atoms with van der Waals surface area (Å²) in [5.41, 5.74) is -0.141. The van der Waals surface area contributed by atoms with E-state index >= 15 is 0 Å². The molecule has 7 heteroatoms. The van der Waals surface area contributed by atoms with E-state index in [1.165, 1.54) is 6.92 Å². The molecule has 1 saturated heterocycles.